The first-order valence-electron chi connectivity index (χ1n) is 6.19. The number of hydrogen-bond donors (Lipinski definition) is 1. The smallest absolute Gasteiger partial charge is 0.207 e. The fraction of sp³-hybridized carbons (Fsp3) is 0.538. The third-order valence-electron chi connectivity index (χ3n) is 3.04. The molecule has 4 heteroatoms. The van der Waals surface area contributed by atoms with E-state index < -0.39 is 0 Å². The standard InChI is InChI=1S/C13H18N2OS/c14-8-12-15-11(9-17-12)13(16)10-6-4-2-1-3-5-7-10/h6,9H,1-5,7-8,14H2. The highest BCUT2D eigenvalue weighted by atomic mass is 32.1. The number of allylic oxidation sites excluding steroid dienone is 2. The van der Waals surface area contributed by atoms with Crippen molar-refractivity contribution < 1.29 is 4.79 Å². The van der Waals surface area contributed by atoms with E-state index >= 15 is 0 Å². The van der Waals surface area contributed by atoms with Crippen LogP contribution in [0, 0.1) is 0 Å². The Bertz CT molecular complexity index is 423. The van der Waals surface area contributed by atoms with Crippen LogP contribution < -0.4 is 5.73 Å². The molecule has 3 nitrogen and oxygen atoms in total. The van der Waals surface area contributed by atoms with Gasteiger partial charge in [-0.2, -0.15) is 0 Å². The van der Waals surface area contributed by atoms with E-state index in [1.807, 2.05) is 5.38 Å². The van der Waals surface area contributed by atoms with Gasteiger partial charge in [0.15, 0.2) is 0 Å². The number of nitrogens with two attached hydrogens (primary N) is 1. The Labute approximate surface area is 106 Å². The summed E-state index contributed by atoms with van der Waals surface area (Å²) in [5.41, 5.74) is 7.02. The van der Waals surface area contributed by atoms with Crippen molar-refractivity contribution in [3.05, 3.63) is 27.7 Å². The van der Waals surface area contributed by atoms with Crippen LogP contribution in [0.25, 0.3) is 0 Å². The molecule has 17 heavy (non-hydrogen) atoms. The van der Waals surface area contributed by atoms with E-state index in [1.165, 1.54) is 30.6 Å². The normalized spacial score (nSPS) is 17.1. The highest BCUT2D eigenvalue weighted by molar-refractivity contribution is 7.09. The molecule has 92 valence electrons. The van der Waals surface area contributed by atoms with Crippen molar-refractivity contribution in [2.45, 2.75) is 45.1 Å². The molecule has 2 N–H and O–H groups in total. The van der Waals surface area contributed by atoms with E-state index in [-0.39, 0.29) is 5.78 Å². The largest absolute Gasteiger partial charge is 0.325 e. The SMILES string of the molecule is NCc1nc(C(=O)C2=CCCCCCC2)cs1. The van der Waals surface area contributed by atoms with Crippen LogP contribution in [0.4, 0.5) is 0 Å². The average Bonchev–Trinajstić information content (AvgIpc) is 2.76. The number of rotatable bonds is 3. The summed E-state index contributed by atoms with van der Waals surface area (Å²) in [6, 6.07) is 0. The highest BCUT2D eigenvalue weighted by Gasteiger charge is 2.15. The monoisotopic (exact) mass is 250 g/mol. The van der Waals surface area contributed by atoms with E-state index in [2.05, 4.69) is 11.1 Å². The maximum atomic E-state index is 12.2. The fourth-order valence-corrected chi connectivity index (χ4v) is 2.73. The van der Waals surface area contributed by atoms with Crippen molar-refractivity contribution in [3.63, 3.8) is 0 Å². The van der Waals surface area contributed by atoms with Gasteiger partial charge in [-0.05, 0) is 31.3 Å². The number of nitrogens with zero attached hydrogens (tertiary/aromatic N) is 1. The lowest BCUT2D eigenvalue weighted by Crippen LogP contribution is -2.06. The van der Waals surface area contributed by atoms with Gasteiger partial charge < -0.3 is 5.73 Å². The molecule has 1 aromatic rings. The minimum atomic E-state index is 0.0999. The zero-order valence-corrected chi connectivity index (χ0v) is 10.8. The van der Waals surface area contributed by atoms with Crippen molar-refractivity contribution in [2.24, 2.45) is 5.73 Å². The fourth-order valence-electron chi connectivity index (χ4n) is 2.07. The Morgan fingerprint density at radius 1 is 1.35 bits per heavy atom. The van der Waals surface area contributed by atoms with Crippen LogP contribution in [-0.2, 0) is 6.54 Å². The molecule has 1 aliphatic rings. The molecular weight excluding hydrogens is 232 g/mol. The lowest BCUT2D eigenvalue weighted by Gasteiger charge is -2.09. The zero-order chi connectivity index (χ0) is 12.1. The van der Waals surface area contributed by atoms with E-state index in [4.69, 9.17) is 5.73 Å². The Kier molecular flexibility index (Phi) is 4.45. The Morgan fingerprint density at radius 2 is 2.18 bits per heavy atom. The number of hydrogen-bond acceptors (Lipinski definition) is 4. The van der Waals surface area contributed by atoms with Crippen LogP contribution in [0.15, 0.2) is 17.0 Å². The van der Waals surface area contributed by atoms with Gasteiger partial charge >= 0.3 is 0 Å². The van der Waals surface area contributed by atoms with Crippen LogP contribution in [0.2, 0.25) is 0 Å². The van der Waals surface area contributed by atoms with Crippen molar-refractivity contribution >= 4 is 17.1 Å². The van der Waals surface area contributed by atoms with Gasteiger partial charge in [-0.15, -0.1) is 11.3 Å². The van der Waals surface area contributed by atoms with Crippen LogP contribution in [-0.4, -0.2) is 10.8 Å². The van der Waals surface area contributed by atoms with E-state index in [0.29, 0.717) is 12.2 Å². The predicted octanol–water partition coefficient (Wildman–Crippen LogP) is 3.07. The highest BCUT2D eigenvalue weighted by Crippen LogP contribution is 2.21. The molecule has 0 saturated carbocycles. The minimum Gasteiger partial charge on any atom is -0.325 e. The van der Waals surface area contributed by atoms with Crippen LogP contribution in [0.3, 0.4) is 0 Å². The van der Waals surface area contributed by atoms with Gasteiger partial charge in [-0.3, -0.25) is 4.79 Å². The second-order valence-electron chi connectivity index (χ2n) is 4.34. The Morgan fingerprint density at radius 3 is 2.94 bits per heavy atom. The number of carbonyl (C=O) groups excluding carboxylic acids is 1. The first-order chi connectivity index (χ1) is 8.31. The van der Waals surface area contributed by atoms with Gasteiger partial charge in [-0.1, -0.05) is 18.9 Å². The van der Waals surface area contributed by atoms with Gasteiger partial charge in [0.2, 0.25) is 5.78 Å². The summed E-state index contributed by atoms with van der Waals surface area (Å²) >= 11 is 1.47. The second kappa shape index (κ2) is 6.07. The molecule has 0 atom stereocenters. The summed E-state index contributed by atoms with van der Waals surface area (Å²) in [4.78, 5) is 16.5. The number of carbonyl (C=O) groups is 1. The van der Waals surface area contributed by atoms with E-state index in [1.54, 1.807) is 0 Å². The van der Waals surface area contributed by atoms with Crippen LogP contribution in [0.1, 0.15) is 54.0 Å². The Hall–Kier alpha value is -1.00. The summed E-state index contributed by atoms with van der Waals surface area (Å²) in [6.07, 6.45) is 8.85. The molecule has 1 aliphatic carbocycles. The van der Waals surface area contributed by atoms with Gasteiger partial charge in [0.05, 0.1) is 0 Å². The summed E-state index contributed by atoms with van der Waals surface area (Å²) in [5.74, 6) is 0.0999. The molecule has 1 heterocycles. The molecule has 0 unspecified atom stereocenters. The topological polar surface area (TPSA) is 56.0 Å². The summed E-state index contributed by atoms with van der Waals surface area (Å²) in [6.45, 7) is 0.414. The van der Waals surface area contributed by atoms with Crippen molar-refractivity contribution in [3.8, 4) is 0 Å². The maximum Gasteiger partial charge on any atom is 0.207 e. The lowest BCUT2D eigenvalue weighted by atomic mass is 9.96. The molecule has 0 amide bonds. The van der Waals surface area contributed by atoms with Crippen LogP contribution in [0.5, 0.6) is 0 Å². The number of aromatic nitrogens is 1. The third-order valence-corrected chi connectivity index (χ3v) is 3.91. The molecule has 2 rings (SSSR count). The molecule has 0 aliphatic heterocycles. The van der Waals surface area contributed by atoms with Crippen molar-refractivity contribution in [1.82, 2.24) is 4.98 Å². The summed E-state index contributed by atoms with van der Waals surface area (Å²) in [7, 11) is 0. The maximum absolute atomic E-state index is 12.2. The van der Waals surface area contributed by atoms with E-state index in [9.17, 15) is 4.79 Å². The third kappa shape index (κ3) is 3.23. The molecular formula is C13H18N2OS. The summed E-state index contributed by atoms with van der Waals surface area (Å²) in [5, 5.41) is 2.66. The van der Waals surface area contributed by atoms with Gasteiger partial charge in [0.25, 0.3) is 0 Å². The van der Waals surface area contributed by atoms with Crippen molar-refractivity contribution in [2.75, 3.05) is 0 Å². The summed E-state index contributed by atoms with van der Waals surface area (Å²) < 4.78 is 0. The lowest BCUT2D eigenvalue weighted by molar-refractivity contribution is 0.102. The number of thiazole rings is 1. The molecule has 0 aromatic carbocycles. The van der Waals surface area contributed by atoms with Crippen LogP contribution >= 0.6 is 11.3 Å². The molecule has 0 radical (unpaired) electrons. The Balaban J connectivity index is 2.12. The van der Waals surface area contributed by atoms with Crippen molar-refractivity contribution in [1.29, 1.82) is 0 Å². The molecule has 1 aromatic heterocycles. The number of Topliss-reactive ketones (excluding diaryl/α,β-unsaturated/α-hetero) is 1. The van der Waals surface area contributed by atoms with Gasteiger partial charge in [0.1, 0.15) is 10.7 Å². The van der Waals surface area contributed by atoms with Gasteiger partial charge in [0, 0.05) is 11.9 Å². The minimum absolute atomic E-state index is 0.0999. The average molecular weight is 250 g/mol. The zero-order valence-electron chi connectivity index (χ0n) is 9.95. The molecule has 0 spiro atoms. The first kappa shape index (κ1) is 12.5. The van der Waals surface area contributed by atoms with E-state index in [0.717, 1.165) is 29.8 Å². The molecule has 0 fully saturated rings. The first-order valence-corrected chi connectivity index (χ1v) is 7.07. The molecule has 0 saturated heterocycles. The predicted molar refractivity (Wildman–Crippen MR) is 70.1 cm³/mol. The second-order valence-corrected chi connectivity index (χ2v) is 5.28. The number of ketones is 1. The van der Waals surface area contributed by atoms with Gasteiger partial charge in [-0.25, -0.2) is 4.98 Å². The quantitative estimate of drug-likeness (QED) is 0.839. The molecule has 0 bridgehead atoms.